The summed E-state index contributed by atoms with van der Waals surface area (Å²) in [5.41, 5.74) is 10.5. The van der Waals surface area contributed by atoms with Crippen molar-refractivity contribution in [3.8, 4) is 0 Å². The molecule has 1 unspecified atom stereocenters. The molecule has 1 heterocycles. The van der Waals surface area contributed by atoms with Gasteiger partial charge in [-0.05, 0) is 112 Å². The van der Waals surface area contributed by atoms with Crippen molar-refractivity contribution in [2.75, 3.05) is 50.5 Å². The first-order chi connectivity index (χ1) is 21.4. The molecule has 5 rings (SSSR count). The van der Waals surface area contributed by atoms with Crippen LogP contribution in [0.4, 0.5) is 17.1 Å². The second-order valence-corrected chi connectivity index (χ2v) is 12.4. The molecule has 0 fully saturated rings. The Kier molecular flexibility index (Phi) is 10.6. The lowest BCUT2D eigenvalue weighted by Crippen LogP contribution is -2.32. The summed E-state index contributed by atoms with van der Waals surface area (Å²) in [5.74, 6) is 0. The molecule has 1 aliphatic rings. The van der Waals surface area contributed by atoms with Crippen LogP contribution in [0.25, 0.3) is 5.57 Å². The summed E-state index contributed by atoms with van der Waals surface area (Å²) in [7, 11) is 4.32. The SMILES string of the molecule is CCC(C)Nc1ccc(/C(c2ccc(N(CC)CC)cc2)=c2\ccc3c(c2)CCc2ccccc2[N+]=3CCCN(C)C)cc1. The minimum absolute atomic E-state index is 0.450. The normalized spacial score (nSPS) is 14.0. The van der Waals surface area contributed by atoms with Crippen molar-refractivity contribution >= 4 is 22.6 Å². The summed E-state index contributed by atoms with van der Waals surface area (Å²) in [6.07, 6.45) is 4.32. The maximum atomic E-state index is 3.63. The average Bonchev–Trinajstić information content (AvgIpc) is 3.20. The van der Waals surface area contributed by atoms with Gasteiger partial charge in [0.25, 0.3) is 0 Å². The van der Waals surface area contributed by atoms with Gasteiger partial charge in [-0.25, -0.2) is 0 Å². The van der Waals surface area contributed by atoms with Crippen LogP contribution in [0.5, 0.6) is 0 Å². The van der Waals surface area contributed by atoms with Crippen LogP contribution in [-0.2, 0) is 12.8 Å². The standard InChI is InChI=1S/C40H50N4/c1-7-30(4)41-36-22-17-32(18-23-36)40(33-19-24-37(25-20-33)43(8-2)9-3)35-21-26-39-34(29-35)16-15-31-13-10-11-14-38(31)44(39)28-12-27-42(5)6/h10-11,13-14,17-26,29-30H,7-9,12,15-16,27-28H2,1-6H3/p+1. The van der Waals surface area contributed by atoms with Gasteiger partial charge in [0.15, 0.2) is 6.54 Å². The zero-order valence-corrected chi connectivity index (χ0v) is 27.7. The molecule has 0 amide bonds. The lowest BCUT2D eigenvalue weighted by atomic mass is 9.93. The van der Waals surface area contributed by atoms with Gasteiger partial charge in [0, 0.05) is 66.7 Å². The van der Waals surface area contributed by atoms with Gasteiger partial charge in [0.05, 0.1) is 0 Å². The topological polar surface area (TPSA) is 21.5 Å². The fourth-order valence-electron chi connectivity index (χ4n) is 6.42. The highest BCUT2D eigenvalue weighted by Gasteiger charge is 2.22. The maximum absolute atomic E-state index is 3.63. The van der Waals surface area contributed by atoms with Crippen molar-refractivity contribution < 1.29 is 0 Å². The van der Waals surface area contributed by atoms with Gasteiger partial charge in [-0.2, -0.15) is 4.58 Å². The van der Waals surface area contributed by atoms with Crippen LogP contribution in [0.1, 0.15) is 62.8 Å². The molecule has 4 heteroatoms. The summed E-state index contributed by atoms with van der Waals surface area (Å²) in [6.45, 7) is 13.0. The Morgan fingerprint density at radius 3 is 2.11 bits per heavy atom. The molecule has 230 valence electrons. The highest BCUT2D eigenvalue weighted by atomic mass is 15.1. The van der Waals surface area contributed by atoms with E-state index in [1.54, 1.807) is 0 Å². The second-order valence-electron chi connectivity index (χ2n) is 12.4. The van der Waals surface area contributed by atoms with Gasteiger partial charge in [-0.15, -0.1) is 0 Å². The number of benzene rings is 4. The number of anilines is 2. The van der Waals surface area contributed by atoms with Crippen molar-refractivity contribution in [2.24, 2.45) is 0 Å². The number of nitrogens with one attached hydrogen (secondary N) is 1. The largest absolute Gasteiger partial charge is 0.383 e. The number of aryl methyl sites for hydroxylation is 2. The number of para-hydroxylation sites is 1. The lowest BCUT2D eigenvalue weighted by molar-refractivity contribution is 0.394. The third-order valence-corrected chi connectivity index (χ3v) is 9.08. The average molecular weight is 588 g/mol. The van der Waals surface area contributed by atoms with Gasteiger partial charge in [-0.3, -0.25) is 0 Å². The third kappa shape index (κ3) is 7.25. The summed E-state index contributed by atoms with van der Waals surface area (Å²) >= 11 is 0. The Labute approximate surface area is 265 Å². The quantitative estimate of drug-likeness (QED) is 0.183. The smallest absolute Gasteiger partial charge is 0.208 e. The van der Waals surface area contributed by atoms with E-state index in [-0.39, 0.29) is 0 Å². The van der Waals surface area contributed by atoms with Crippen molar-refractivity contribution in [3.05, 3.63) is 124 Å². The van der Waals surface area contributed by atoms with Crippen LogP contribution in [0.15, 0.2) is 91.0 Å². The predicted molar refractivity (Wildman–Crippen MR) is 190 cm³/mol. The second kappa shape index (κ2) is 14.7. The van der Waals surface area contributed by atoms with Gasteiger partial charge < -0.3 is 15.1 Å². The molecule has 0 radical (unpaired) electrons. The summed E-state index contributed by atoms with van der Waals surface area (Å²) in [4.78, 5) is 4.69. The zero-order chi connectivity index (χ0) is 31.1. The monoisotopic (exact) mass is 587 g/mol. The number of nitrogens with zero attached hydrogens (tertiary/aromatic N) is 3. The fourth-order valence-corrected chi connectivity index (χ4v) is 6.42. The molecule has 1 atom stereocenters. The first kappa shape index (κ1) is 31.5. The van der Waals surface area contributed by atoms with E-state index in [2.05, 4.69) is 152 Å². The number of fused-ring (bicyclic) bond motifs is 2. The molecule has 0 spiro atoms. The Hall–Kier alpha value is -3.89. The van der Waals surface area contributed by atoms with E-state index in [1.165, 1.54) is 55.5 Å². The fraction of sp³-hybridized carbons (Fsp3) is 0.375. The molecule has 0 saturated carbocycles. The first-order valence-electron chi connectivity index (χ1n) is 16.6. The van der Waals surface area contributed by atoms with Gasteiger partial charge in [0.2, 0.25) is 11.0 Å². The highest BCUT2D eigenvalue weighted by molar-refractivity contribution is 5.81. The van der Waals surface area contributed by atoms with E-state index in [9.17, 15) is 0 Å². The van der Waals surface area contributed by atoms with Crippen LogP contribution in [0, 0.1) is 0 Å². The molecule has 0 bridgehead atoms. The minimum Gasteiger partial charge on any atom is -0.383 e. The summed E-state index contributed by atoms with van der Waals surface area (Å²) < 4.78 is 2.57. The van der Waals surface area contributed by atoms with Crippen molar-refractivity contribution in [1.82, 2.24) is 9.48 Å². The Bertz CT molecular complexity index is 1650. The van der Waals surface area contributed by atoms with Crippen molar-refractivity contribution in [2.45, 2.75) is 59.4 Å². The van der Waals surface area contributed by atoms with E-state index >= 15 is 0 Å². The molecule has 0 aromatic heterocycles. The molecule has 1 N–H and O–H groups in total. The molecular weight excluding hydrogens is 536 g/mol. The van der Waals surface area contributed by atoms with Crippen molar-refractivity contribution in [3.63, 3.8) is 0 Å². The Morgan fingerprint density at radius 2 is 1.45 bits per heavy atom. The third-order valence-electron chi connectivity index (χ3n) is 9.08. The van der Waals surface area contributed by atoms with Gasteiger partial charge in [-0.1, -0.05) is 49.4 Å². The molecule has 0 aliphatic carbocycles. The van der Waals surface area contributed by atoms with E-state index < -0.39 is 0 Å². The van der Waals surface area contributed by atoms with Crippen LogP contribution >= 0.6 is 0 Å². The molecule has 4 aromatic carbocycles. The maximum Gasteiger partial charge on any atom is 0.208 e. The zero-order valence-electron chi connectivity index (χ0n) is 27.7. The Morgan fingerprint density at radius 1 is 0.795 bits per heavy atom. The number of hydrogen-bond acceptors (Lipinski definition) is 3. The van der Waals surface area contributed by atoms with Gasteiger partial charge >= 0.3 is 0 Å². The molecular formula is C40H51N4+. The van der Waals surface area contributed by atoms with E-state index in [4.69, 9.17) is 0 Å². The summed E-state index contributed by atoms with van der Waals surface area (Å²) in [5, 5.41) is 6.26. The predicted octanol–water partition coefficient (Wildman–Crippen LogP) is 6.86. The Balaban J connectivity index is 1.67. The number of rotatable bonds is 12. The molecule has 4 aromatic rings. The van der Waals surface area contributed by atoms with Crippen LogP contribution in [-0.4, -0.2) is 51.2 Å². The van der Waals surface area contributed by atoms with Crippen molar-refractivity contribution in [1.29, 1.82) is 0 Å². The highest BCUT2D eigenvalue weighted by Crippen LogP contribution is 2.26. The molecule has 4 nitrogen and oxygen atoms in total. The lowest BCUT2D eigenvalue weighted by Gasteiger charge is -2.21. The van der Waals surface area contributed by atoms with Crippen LogP contribution in [0.2, 0.25) is 0 Å². The van der Waals surface area contributed by atoms with Gasteiger partial charge in [0.1, 0.15) is 0 Å². The molecule has 44 heavy (non-hydrogen) atoms. The first-order valence-corrected chi connectivity index (χ1v) is 16.6. The van der Waals surface area contributed by atoms with Crippen LogP contribution in [0.3, 0.4) is 0 Å². The summed E-state index contributed by atoms with van der Waals surface area (Å²) in [6, 6.07) is 34.9. The molecule has 1 aliphatic heterocycles. The van der Waals surface area contributed by atoms with E-state index in [0.29, 0.717) is 6.04 Å². The minimum atomic E-state index is 0.450. The van der Waals surface area contributed by atoms with E-state index in [1.807, 2.05) is 0 Å². The number of hydrogen-bond donors (Lipinski definition) is 1. The van der Waals surface area contributed by atoms with Crippen LogP contribution < -0.4 is 25.4 Å². The molecule has 0 saturated heterocycles. The van der Waals surface area contributed by atoms with E-state index in [0.717, 1.165) is 51.9 Å².